The Morgan fingerprint density at radius 1 is 1.39 bits per heavy atom. The average Bonchev–Trinajstić information content (AvgIpc) is 2.90. The Bertz CT molecular complexity index is 496. The molecule has 23 heavy (non-hydrogen) atoms. The Morgan fingerprint density at radius 2 is 2.00 bits per heavy atom. The lowest BCUT2D eigenvalue weighted by molar-refractivity contribution is -0.139. The van der Waals surface area contributed by atoms with Gasteiger partial charge in [-0.1, -0.05) is 32.4 Å². The molecule has 0 fully saturated rings. The molecule has 1 rings (SSSR count). The summed E-state index contributed by atoms with van der Waals surface area (Å²) < 4.78 is 5.22. The van der Waals surface area contributed by atoms with Crippen LogP contribution in [0.15, 0.2) is 12.2 Å². The van der Waals surface area contributed by atoms with Crippen LogP contribution in [-0.4, -0.2) is 47.0 Å². The number of carbonyl (C=O) groups excluding carboxylic acids is 3. The first-order valence-electron chi connectivity index (χ1n) is 7.82. The molecule has 7 heteroatoms. The number of ether oxygens (including phenoxy) is 1. The smallest absolute Gasteiger partial charge is 0.408 e. The van der Waals surface area contributed by atoms with E-state index in [1.54, 1.807) is 32.9 Å². The summed E-state index contributed by atoms with van der Waals surface area (Å²) in [5.74, 6) is -1.03. The lowest BCUT2D eigenvalue weighted by atomic mass is 9.97. The predicted molar refractivity (Wildman–Crippen MR) is 86.4 cm³/mol. The summed E-state index contributed by atoms with van der Waals surface area (Å²) in [4.78, 5) is 37.6. The summed E-state index contributed by atoms with van der Waals surface area (Å²) in [5, 5.41) is 2.63. The van der Waals surface area contributed by atoms with Crippen molar-refractivity contribution in [2.75, 3.05) is 6.54 Å². The standard InChI is InChI=1S/C16H27N3O4/c1-6-10(2)12(18-15(22)23-16(3,4)5)14(21)19-9-7-8-11(19)13(17)20/h7-8,10-12H,6,9H2,1-5H3,(H2,17,20)(H,18,22)/t10-,11-,12-/m0/s1. The molecule has 0 bridgehead atoms. The number of hydrogen-bond donors (Lipinski definition) is 2. The molecule has 0 radical (unpaired) electrons. The molecule has 0 unspecified atom stereocenters. The number of amides is 3. The fourth-order valence-corrected chi connectivity index (χ4v) is 2.29. The normalized spacial score (nSPS) is 20.0. The highest BCUT2D eigenvalue weighted by Crippen LogP contribution is 2.17. The average molecular weight is 325 g/mol. The fourth-order valence-electron chi connectivity index (χ4n) is 2.29. The highest BCUT2D eigenvalue weighted by atomic mass is 16.6. The van der Waals surface area contributed by atoms with Gasteiger partial charge in [-0.15, -0.1) is 0 Å². The van der Waals surface area contributed by atoms with Crippen molar-refractivity contribution in [2.45, 2.75) is 58.7 Å². The molecule has 0 spiro atoms. The zero-order valence-corrected chi connectivity index (χ0v) is 14.5. The van der Waals surface area contributed by atoms with Crippen molar-refractivity contribution >= 4 is 17.9 Å². The Balaban J connectivity index is 2.87. The molecule has 0 saturated carbocycles. The van der Waals surface area contributed by atoms with E-state index in [1.807, 2.05) is 13.8 Å². The maximum Gasteiger partial charge on any atom is 0.408 e. The van der Waals surface area contributed by atoms with Crippen LogP contribution in [0, 0.1) is 5.92 Å². The molecule has 3 atom stereocenters. The second-order valence-electron chi connectivity index (χ2n) is 6.78. The zero-order valence-electron chi connectivity index (χ0n) is 14.5. The molecule has 0 aromatic heterocycles. The van der Waals surface area contributed by atoms with Gasteiger partial charge in [0.05, 0.1) is 0 Å². The third-order valence-corrected chi connectivity index (χ3v) is 3.68. The molecular weight excluding hydrogens is 298 g/mol. The number of hydrogen-bond acceptors (Lipinski definition) is 4. The van der Waals surface area contributed by atoms with Crippen molar-refractivity contribution < 1.29 is 19.1 Å². The van der Waals surface area contributed by atoms with Gasteiger partial charge in [-0.25, -0.2) is 4.79 Å². The number of carbonyl (C=O) groups is 3. The van der Waals surface area contributed by atoms with Gasteiger partial charge in [0.15, 0.2) is 0 Å². The van der Waals surface area contributed by atoms with Gasteiger partial charge in [0.1, 0.15) is 17.7 Å². The van der Waals surface area contributed by atoms with E-state index in [0.717, 1.165) is 0 Å². The molecule has 7 nitrogen and oxygen atoms in total. The van der Waals surface area contributed by atoms with E-state index in [2.05, 4.69) is 5.32 Å². The van der Waals surface area contributed by atoms with E-state index < -0.39 is 29.7 Å². The summed E-state index contributed by atoms with van der Waals surface area (Å²) >= 11 is 0. The van der Waals surface area contributed by atoms with Crippen LogP contribution >= 0.6 is 0 Å². The molecule has 130 valence electrons. The molecule has 3 N–H and O–H groups in total. The van der Waals surface area contributed by atoms with Gasteiger partial charge in [-0.3, -0.25) is 9.59 Å². The SMILES string of the molecule is CC[C@H](C)[C@H](NC(=O)OC(C)(C)C)C(=O)N1CC=C[C@H]1C(N)=O. The molecule has 0 aromatic carbocycles. The summed E-state index contributed by atoms with van der Waals surface area (Å²) in [6.07, 6.45) is 3.35. The van der Waals surface area contributed by atoms with Crippen molar-refractivity contribution in [3.05, 3.63) is 12.2 Å². The second kappa shape index (κ2) is 7.48. The number of rotatable bonds is 5. The molecule has 1 heterocycles. The maximum atomic E-state index is 12.8. The van der Waals surface area contributed by atoms with Crippen LogP contribution in [0.25, 0.3) is 0 Å². The van der Waals surface area contributed by atoms with Crippen molar-refractivity contribution in [1.82, 2.24) is 10.2 Å². The van der Waals surface area contributed by atoms with Crippen LogP contribution in [-0.2, 0) is 14.3 Å². The summed E-state index contributed by atoms with van der Waals surface area (Å²) in [7, 11) is 0. The minimum atomic E-state index is -0.769. The Labute approximate surface area is 137 Å². The summed E-state index contributed by atoms with van der Waals surface area (Å²) in [6, 6.07) is -1.54. The van der Waals surface area contributed by atoms with Crippen LogP contribution in [0.1, 0.15) is 41.0 Å². The summed E-state index contributed by atoms with van der Waals surface area (Å²) in [6.45, 7) is 9.34. The van der Waals surface area contributed by atoms with E-state index >= 15 is 0 Å². The zero-order chi connectivity index (χ0) is 17.8. The van der Waals surface area contributed by atoms with Crippen molar-refractivity contribution in [2.24, 2.45) is 11.7 Å². The number of nitrogens with two attached hydrogens (primary N) is 1. The Morgan fingerprint density at radius 3 is 2.48 bits per heavy atom. The van der Waals surface area contributed by atoms with E-state index in [0.29, 0.717) is 13.0 Å². The Kier molecular flexibility index (Phi) is 6.18. The highest BCUT2D eigenvalue weighted by molar-refractivity contribution is 5.92. The molecule has 3 amide bonds. The third-order valence-electron chi connectivity index (χ3n) is 3.68. The number of alkyl carbamates (subject to hydrolysis) is 1. The van der Waals surface area contributed by atoms with Gasteiger partial charge in [-0.2, -0.15) is 0 Å². The fraction of sp³-hybridized carbons (Fsp3) is 0.688. The highest BCUT2D eigenvalue weighted by Gasteiger charge is 2.36. The van der Waals surface area contributed by atoms with Crippen LogP contribution in [0.3, 0.4) is 0 Å². The largest absolute Gasteiger partial charge is 0.444 e. The minimum absolute atomic E-state index is 0.107. The quantitative estimate of drug-likeness (QED) is 0.741. The van der Waals surface area contributed by atoms with E-state index in [9.17, 15) is 14.4 Å². The predicted octanol–water partition coefficient (Wildman–Crippen LogP) is 1.18. The van der Waals surface area contributed by atoms with Gasteiger partial charge in [0.2, 0.25) is 11.8 Å². The van der Waals surface area contributed by atoms with Crippen LogP contribution < -0.4 is 11.1 Å². The molecule has 0 aliphatic carbocycles. The van der Waals surface area contributed by atoms with Crippen LogP contribution in [0.5, 0.6) is 0 Å². The minimum Gasteiger partial charge on any atom is -0.444 e. The van der Waals surface area contributed by atoms with E-state index in [4.69, 9.17) is 10.5 Å². The third kappa shape index (κ3) is 5.26. The molecule has 1 aliphatic rings. The van der Waals surface area contributed by atoms with Gasteiger partial charge < -0.3 is 20.7 Å². The number of nitrogens with one attached hydrogen (secondary N) is 1. The molecular formula is C16H27N3O4. The van der Waals surface area contributed by atoms with Gasteiger partial charge in [0, 0.05) is 6.54 Å². The van der Waals surface area contributed by atoms with Crippen LogP contribution in [0.2, 0.25) is 0 Å². The lowest BCUT2D eigenvalue weighted by Crippen LogP contribution is -2.55. The van der Waals surface area contributed by atoms with Gasteiger partial charge in [-0.05, 0) is 26.7 Å². The van der Waals surface area contributed by atoms with Crippen molar-refractivity contribution in [3.63, 3.8) is 0 Å². The maximum absolute atomic E-state index is 12.8. The first kappa shape index (κ1) is 19.0. The number of nitrogens with zero attached hydrogens (tertiary/aromatic N) is 1. The molecule has 0 aromatic rings. The van der Waals surface area contributed by atoms with Crippen molar-refractivity contribution in [3.8, 4) is 0 Å². The van der Waals surface area contributed by atoms with Crippen molar-refractivity contribution in [1.29, 1.82) is 0 Å². The Hall–Kier alpha value is -2.05. The van der Waals surface area contributed by atoms with Crippen LogP contribution in [0.4, 0.5) is 4.79 Å². The monoisotopic (exact) mass is 325 g/mol. The topological polar surface area (TPSA) is 102 Å². The van der Waals surface area contributed by atoms with E-state index in [-0.39, 0.29) is 11.8 Å². The lowest BCUT2D eigenvalue weighted by Gasteiger charge is -2.31. The number of primary amides is 1. The first-order chi connectivity index (χ1) is 10.6. The second-order valence-corrected chi connectivity index (χ2v) is 6.78. The molecule has 1 aliphatic heterocycles. The van der Waals surface area contributed by atoms with Gasteiger partial charge >= 0.3 is 6.09 Å². The molecule has 0 saturated heterocycles. The van der Waals surface area contributed by atoms with E-state index in [1.165, 1.54) is 4.90 Å². The summed E-state index contributed by atoms with van der Waals surface area (Å²) in [5.41, 5.74) is 4.67. The first-order valence-corrected chi connectivity index (χ1v) is 7.82. The van der Waals surface area contributed by atoms with Gasteiger partial charge in [0.25, 0.3) is 0 Å².